The highest BCUT2D eigenvalue weighted by Gasteiger charge is 2.02. The number of benzene rings is 2. The minimum absolute atomic E-state index is 0.460. The van der Waals surface area contributed by atoms with Gasteiger partial charge < -0.3 is 10.1 Å². The molecule has 2 aromatic rings. The first kappa shape index (κ1) is 12.1. The summed E-state index contributed by atoms with van der Waals surface area (Å²) < 4.78 is 5.68. The van der Waals surface area contributed by atoms with Crippen LogP contribution >= 0.6 is 0 Å². The minimum Gasteiger partial charge on any atom is -0.457 e. The van der Waals surface area contributed by atoms with Crippen molar-refractivity contribution in [2.45, 2.75) is 6.92 Å². The molecule has 0 aliphatic rings. The van der Waals surface area contributed by atoms with Crippen molar-refractivity contribution in [3.63, 3.8) is 0 Å². The Morgan fingerprint density at radius 2 is 1.50 bits per heavy atom. The quantitative estimate of drug-likeness (QED) is 0.784. The molecule has 0 spiro atoms. The summed E-state index contributed by atoms with van der Waals surface area (Å²) in [5.74, 6) is 1.57. The Hall–Kier alpha value is -2.35. The Kier molecular flexibility index (Phi) is 3.58. The molecule has 0 radical (unpaired) electrons. The highest BCUT2D eigenvalue weighted by atomic mass is 16.5. The van der Waals surface area contributed by atoms with Crippen LogP contribution in [-0.4, -0.2) is 5.71 Å². The maximum atomic E-state index is 7.84. The van der Waals surface area contributed by atoms with Crippen LogP contribution in [0.15, 0.2) is 66.7 Å². The monoisotopic (exact) mass is 237 g/mol. The third-order valence-electron chi connectivity index (χ3n) is 2.55. The van der Waals surface area contributed by atoms with Gasteiger partial charge in [-0.2, -0.15) is 0 Å². The molecule has 0 aliphatic carbocycles. The molecular formula is C16H15NO. The Labute approximate surface area is 107 Å². The second-order valence-electron chi connectivity index (χ2n) is 4.09. The average Bonchev–Trinajstić information content (AvgIpc) is 2.40. The maximum Gasteiger partial charge on any atom is 0.127 e. The summed E-state index contributed by atoms with van der Waals surface area (Å²) in [5, 5.41) is 7.84. The number of nitrogens with one attached hydrogen (secondary N) is 1. The molecule has 0 aliphatic heterocycles. The third kappa shape index (κ3) is 2.86. The van der Waals surface area contributed by atoms with Crippen LogP contribution < -0.4 is 4.74 Å². The Morgan fingerprint density at radius 1 is 0.944 bits per heavy atom. The van der Waals surface area contributed by atoms with Crippen molar-refractivity contribution in [1.82, 2.24) is 0 Å². The van der Waals surface area contributed by atoms with Crippen LogP contribution in [0.3, 0.4) is 0 Å². The number of hydrogen-bond acceptors (Lipinski definition) is 2. The lowest BCUT2D eigenvalue weighted by Gasteiger charge is -2.07. The van der Waals surface area contributed by atoms with Crippen molar-refractivity contribution in [2.24, 2.45) is 0 Å². The molecule has 90 valence electrons. The zero-order valence-electron chi connectivity index (χ0n) is 10.3. The summed E-state index contributed by atoms with van der Waals surface area (Å²) in [7, 11) is 0. The van der Waals surface area contributed by atoms with E-state index in [0.717, 1.165) is 22.6 Å². The van der Waals surface area contributed by atoms with E-state index in [-0.39, 0.29) is 0 Å². The lowest BCUT2D eigenvalue weighted by atomic mass is 10.1. The van der Waals surface area contributed by atoms with Gasteiger partial charge in [-0.25, -0.2) is 0 Å². The van der Waals surface area contributed by atoms with Gasteiger partial charge in [0.1, 0.15) is 11.5 Å². The first-order valence-electron chi connectivity index (χ1n) is 5.74. The third-order valence-corrected chi connectivity index (χ3v) is 2.55. The number of para-hydroxylation sites is 1. The molecular weight excluding hydrogens is 222 g/mol. The van der Waals surface area contributed by atoms with Crippen molar-refractivity contribution in [2.75, 3.05) is 0 Å². The summed E-state index contributed by atoms with van der Waals surface area (Å²) in [6.45, 7) is 5.60. The maximum absolute atomic E-state index is 7.84. The van der Waals surface area contributed by atoms with Crippen LogP contribution in [0, 0.1) is 5.41 Å². The minimum atomic E-state index is 0.460. The summed E-state index contributed by atoms with van der Waals surface area (Å²) in [4.78, 5) is 0. The largest absolute Gasteiger partial charge is 0.457 e. The van der Waals surface area contributed by atoms with Crippen LogP contribution in [0.25, 0.3) is 0 Å². The molecule has 2 aromatic carbocycles. The smallest absolute Gasteiger partial charge is 0.127 e. The average molecular weight is 237 g/mol. The predicted molar refractivity (Wildman–Crippen MR) is 74.6 cm³/mol. The topological polar surface area (TPSA) is 33.1 Å². The van der Waals surface area contributed by atoms with Crippen LogP contribution in [0.5, 0.6) is 11.5 Å². The molecule has 18 heavy (non-hydrogen) atoms. The summed E-state index contributed by atoms with van der Waals surface area (Å²) in [6, 6.07) is 17.1. The Balaban J connectivity index is 2.13. The molecule has 0 heterocycles. The molecule has 0 unspecified atom stereocenters. The second kappa shape index (κ2) is 5.32. The van der Waals surface area contributed by atoms with Gasteiger partial charge in [0.2, 0.25) is 0 Å². The molecule has 2 rings (SSSR count). The van der Waals surface area contributed by atoms with Crippen LogP contribution in [-0.2, 0) is 0 Å². The van der Waals surface area contributed by atoms with Crippen molar-refractivity contribution in [3.8, 4) is 11.5 Å². The van der Waals surface area contributed by atoms with Gasteiger partial charge >= 0.3 is 0 Å². The first-order valence-corrected chi connectivity index (χ1v) is 5.74. The van der Waals surface area contributed by atoms with Crippen molar-refractivity contribution < 1.29 is 4.74 Å². The summed E-state index contributed by atoms with van der Waals surface area (Å²) in [6.07, 6.45) is 0. The van der Waals surface area contributed by atoms with E-state index < -0.39 is 0 Å². The highest BCUT2D eigenvalue weighted by Crippen LogP contribution is 2.21. The van der Waals surface area contributed by atoms with E-state index in [2.05, 4.69) is 6.58 Å². The fourth-order valence-corrected chi connectivity index (χ4v) is 1.56. The molecule has 2 nitrogen and oxygen atoms in total. The van der Waals surface area contributed by atoms with Gasteiger partial charge in [0.05, 0.1) is 5.71 Å². The van der Waals surface area contributed by atoms with Crippen LogP contribution in [0.4, 0.5) is 0 Å². The zero-order valence-corrected chi connectivity index (χ0v) is 10.3. The zero-order chi connectivity index (χ0) is 13.0. The van der Waals surface area contributed by atoms with Crippen molar-refractivity contribution in [1.29, 1.82) is 5.41 Å². The van der Waals surface area contributed by atoms with Crippen molar-refractivity contribution >= 4 is 5.71 Å². The fraction of sp³-hybridized carbons (Fsp3) is 0.0625. The summed E-state index contributed by atoms with van der Waals surface area (Å²) in [5.41, 5.74) is 2.07. The van der Waals surface area contributed by atoms with Gasteiger partial charge in [-0.1, -0.05) is 24.8 Å². The van der Waals surface area contributed by atoms with E-state index >= 15 is 0 Å². The van der Waals surface area contributed by atoms with Gasteiger partial charge in [-0.3, -0.25) is 0 Å². The van der Waals surface area contributed by atoms with Gasteiger partial charge in [0.25, 0.3) is 0 Å². The number of allylic oxidation sites excluding steroid dienone is 1. The Bertz CT molecular complexity index is 555. The standard InChI is InChI=1S/C16H15NO/c1-12(2)16(17)13-8-10-15(11-9-13)18-14-6-4-3-5-7-14/h3-11,17H,1H2,2H3. The Morgan fingerprint density at radius 3 is 2.06 bits per heavy atom. The normalized spacial score (nSPS) is 9.83. The SMILES string of the molecule is C=C(C)C(=N)c1ccc(Oc2ccccc2)cc1. The number of hydrogen-bond donors (Lipinski definition) is 1. The van der Waals surface area contributed by atoms with Gasteiger partial charge in [-0.15, -0.1) is 0 Å². The molecule has 0 amide bonds. The molecule has 1 N–H and O–H groups in total. The number of rotatable bonds is 4. The molecule has 0 fully saturated rings. The first-order chi connectivity index (χ1) is 8.66. The van der Waals surface area contributed by atoms with Gasteiger partial charge in [0.15, 0.2) is 0 Å². The lowest BCUT2D eigenvalue weighted by Crippen LogP contribution is -1.98. The summed E-state index contributed by atoms with van der Waals surface area (Å²) >= 11 is 0. The molecule has 0 saturated heterocycles. The highest BCUT2D eigenvalue weighted by molar-refractivity contribution is 6.09. The van der Waals surface area contributed by atoms with E-state index in [4.69, 9.17) is 10.1 Å². The van der Waals surface area contributed by atoms with E-state index in [1.54, 1.807) is 0 Å². The molecule has 0 saturated carbocycles. The molecule has 0 bridgehead atoms. The van der Waals surface area contributed by atoms with E-state index in [1.807, 2.05) is 61.5 Å². The second-order valence-corrected chi connectivity index (χ2v) is 4.09. The molecule has 0 aromatic heterocycles. The predicted octanol–water partition coefficient (Wildman–Crippen LogP) is 4.42. The van der Waals surface area contributed by atoms with Gasteiger partial charge in [0, 0.05) is 0 Å². The van der Waals surface area contributed by atoms with Crippen LogP contribution in [0.1, 0.15) is 12.5 Å². The number of ether oxygens (including phenoxy) is 1. The lowest BCUT2D eigenvalue weighted by molar-refractivity contribution is 0.482. The van der Waals surface area contributed by atoms with Crippen LogP contribution in [0.2, 0.25) is 0 Å². The fourth-order valence-electron chi connectivity index (χ4n) is 1.56. The molecule has 0 atom stereocenters. The van der Waals surface area contributed by atoms with E-state index in [9.17, 15) is 0 Å². The van der Waals surface area contributed by atoms with Gasteiger partial charge in [-0.05, 0) is 54.5 Å². The molecule has 2 heteroatoms. The van der Waals surface area contributed by atoms with E-state index in [0.29, 0.717) is 5.71 Å². The van der Waals surface area contributed by atoms with E-state index in [1.165, 1.54) is 0 Å². The van der Waals surface area contributed by atoms with Crippen molar-refractivity contribution in [3.05, 3.63) is 72.3 Å².